The van der Waals surface area contributed by atoms with Gasteiger partial charge in [-0.15, -0.1) is 0 Å². The molecule has 1 aromatic carbocycles. The number of ether oxygens (including phenoxy) is 1. The van der Waals surface area contributed by atoms with Gasteiger partial charge < -0.3 is 25.6 Å². The fraction of sp³-hybridized carbons (Fsp3) is 0.556. The van der Waals surface area contributed by atoms with E-state index >= 15 is 4.39 Å². The van der Waals surface area contributed by atoms with Crippen molar-refractivity contribution >= 4 is 22.3 Å². The van der Waals surface area contributed by atoms with Gasteiger partial charge in [-0.1, -0.05) is 0 Å². The monoisotopic (exact) mass is 394 g/mol. The second kappa shape index (κ2) is 6.78. The van der Waals surface area contributed by atoms with Gasteiger partial charge in [0.05, 0.1) is 30.9 Å². The first kappa shape index (κ1) is 18.8. The van der Waals surface area contributed by atoms with Gasteiger partial charge in [0.25, 0.3) is 5.56 Å². The minimum atomic E-state index is -0.816. The number of hydrogen-bond donors (Lipinski definition) is 4. The van der Waals surface area contributed by atoms with E-state index in [-0.39, 0.29) is 47.2 Å². The van der Waals surface area contributed by atoms with Crippen molar-refractivity contribution in [1.29, 1.82) is 0 Å². The molecule has 1 aromatic heterocycles. The molecule has 0 radical (unpaired) electrons. The van der Waals surface area contributed by atoms with E-state index < -0.39 is 29.1 Å². The minimum absolute atomic E-state index is 0.0391. The zero-order valence-corrected chi connectivity index (χ0v) is 15.4. The summed E-state index contributed by atoms with van der Waals surface area (Å²) in [6.45, 7) is 0.247. The van der Waals surface area contributed by atoms with Crippen LogP contribution in [0.4, 0.5) is 15.8 Å². The molecule has 1 saturated heterocycles. The van der Waals surface area contributed by atoms with Crippen molar-refractivity contribution in [2.45, 2.75) is 31.4 Å². The molecule has 1 aliphatic carbocycles. The zero-order valence-electron chi connectivity index (χ0n) is 15.4. The van der Waals surface area contributed by atoms with Crippen molar-refractivity contribution in [3.05, 3.63) is 26.7 Å². The Morgan fingerprint density at radius 3 is 2.64 bits per heavy atom. The Hall–Kier alpha value is -2.59. The van der Waals surface area contributed by atoms with Crippen molar-refractivity contribution in [2.24, 2.45) is 5.92 Å². The van der Waals surface area contributed by atoms with Crippen LogP contribution in [0.1, 0.15) is 25.3 Å². The lowest BCUT2D eigenvalue weighted by molar-refractivity contribution is 0.0523. The van der Waals surface area contributed by atoms with Gasteiger partial charge in [-0.3, -0.25) is 14.3 Å². The average Bonchev–Trinajstić information content (AvgIpc) is 3.49. The molecule has 1 saturated carbocycles. The number of fused-ring (bicyclic) bond motifs is 1. The molecule has 4 rings (SSSR count). The minimum Gasteiger partial charge on any atom is -0.492 e. The van der Waals surface area contributed by atoms with Crippen molar-refractivity contribution < 1.29 is 19.3 Å². The summed E-state index contributed by atoms with van der Waals surface area (Å²) in [5, 5.41) is 19.4. The largest absolute Gasteiger partial charge is 0.492 e. The number of nitrogen functional groups attached to an aromatic ring is 1. The molecule has 0 bridgehead atoms. The number of nitrogens with two attached hydrogens (primary N) is 1. The lowest BCUT2D eigenvalue weighted by atomic mass is 9.94. The number of rotatable bonds is 4. The summed E-state index contributed by atoms with van der Waals surface area (Å²) in [4.78, 5) is 28.7. The zero-order chi connectivity index (χ0) is 20.2. The number of aliphatic hydroxyl groups is 2. The van der Waals surface area contributed by atoms with Crippen LogP contribution >= 0.6 is 0 Å². The third-order valence-corrected chi connectivity index (χ3v) is 5.65. The second-order valence-electron chi connectivity index (χ2n) is 7.44. The van der Waals surface area contributed by atoms with Crippen LogP contribution in [0, 0.1) is 11.7 Å². The molecular weight excluding hydrogens is 371 g/mol. The Balaban J connectivity index is 2.02. The highest BCUT2D eigenvalue weighted by Gasteiger charge is 2.35. The summed E-state index contributed by atoms with van der Waals surface area (Å²) in [6, 6.07) is -0.105. The molecule has 0 amide bonds. The van der Waals surface area contributed by atoms with Crippen molar-refractivity contribution in [3.8, 4) is 5.75 Å². The van der Waals surface area contributed by atoms with Crippen molar-refractivity contribution in [1.82, 2.24) is 9.55 Å². The predicted molar refractivity (Wildman–Crippen MR) is 101 cm³/mol. The SMILES string of the molecule is COc1c(N2CCC(O)C(CO)C2)c(F)c(N)c2c(=O)[nH]c(=O)n(C3CC3)c12. The Morgan fingerprint density at radius 2 is 2.04 bits per heavy atom. The van der Waals surface area contributed by atoms with Gasteiger partial charge >= 0.3 is 5.69 Å². The molecular formula is C18H23FN4O5. The molecule has 2 unspecified atom stereocenters. The molecule has 2 aromatic rings. The van der Waals surface area contributed by atoms with E-state index in [1.807, 2.05) is 0 Å². The molecule has 1 aliphatic heterocycles. The van der Waals surface area contributed by atoms with Crippen LogP contribution in [0.15, 0.2) is 9.59 Å². The third-order valence-electron chi connectivity index (χ3n) is 5.65. The summed E-state index contributed by atoms with van der Waals surface area (Å²) < 4.78 is 22.2. The maximum atomic E-state index is 15.3. The van der Waals surface area contributed by atoms with Crippen LogP contribution in [-0.4, -0.2) is 52.7 Å². The average molecular weight is 394 g/mol. The highest BCUT2D eigenvalue weighted by molar-refractivity contribution is 5.99. The van der Waals surface area contributed by atoms with E-state index in [1.54, 1.807) is 4.90 Å². The topological polar surface area (TPSA) is 134 Å². The highest BCUT2D eigenvalue weighted by atomic mass is 19.1. The third kappa shape index (κ3) is 2.75. The molecule has 9 nitrogen and oxygen atoms in total. The molecule has 5 N–H and O–H groups in total. The van der Waals surface area contributed by atoms with Crippen LogP contribution in [0.3, 0.4) is 0 Å². The lowest BCUT2D eigenvalue weighted by Gasteiger charge is -2.37. The Morgan fingerprint density at radius 1 is 1.32 bits per heavy atom. The van der Waals surface area contributed by atoms with Gasteiger partial charge in [0.1, 0.15) is 11.2 Å². The van der Waals surface area contributed by atoms with Crippen molar-refractivity contribution in [3.63, 3.8) is 0 Å². The molecule has 10 heteroatoms. The van der Waals surface area contributed by atoms with Crippen LogP contribution in [-0.2, 0) is 0 Å². The van der Waals surface area contributed by atoms with Gasteiger partial charge in [-0.2, -0.15) is 0 Å². The number of methoxy groups -OCH3 is 1. The first-order chi connectivity index (χ1) is 13.4. The van der Waals surface area contributed by atoms with E-state index in [2.05, 4.69) is 4.98 Å². The molecule has 2 heterocycles. The number of aromatic nitrogens is 2. The fourth-order valence-corrected chi connectivity index (χ4v) is 4.03. The summed E-state index contributed by atoms with van der Waals surface area (Å²) in [5.41, 5.74) is 4.51. The summed E-state index contributed by atoms with van der Waals surface area (Å²) in [5.74, 6) is -1.21. The van der Waals surface area contributed by atoms with Crippen LogP contribution < -0.4 is 26.6 Å². The standard InChI is InChI=1S/C18H23FN4O5/c1-28-16-14-11(17(26)21-18(27)23(14)9-2-3-9)13(20)12(19)15(16)22-5-4-10(25)8(6-22)7-24/h8-10,24-25H,2-7,20H2,1H3,(H,21,26,27). The number of nitrogens with one attached hydrogen (secondary N) is 1. The predicted octanol–water partition coefficient (Wildman–Crippen LogP) is -0.0659. The second-order valence-corrected chi connectivity index (χ2v) is 7.44. The lowest BCUT2D eigenvalue weighted by Crippen LogP contribution is -2.45. The maximum Gasteiger partial charge on any atom is 0.329 e. The normalized spacial score (nSPS) is 22.6. The van der Waals surface area contributed by atoms with Gasteiger partial charge in [-0.05, 0) is 19.3 Å². The maximum absolute atomic E-state index is 15.3. The molecule has 2 fully saturated rings. The van der Waals surface area contributed by atoms with Gasteiger partial charge in [0.15, 0.2) is 11.6 Å². The van der Waals surface area contributed by atoms with Crippen LogP contribution in [0.25, 0.3) is 10.9 Å². The molecule has 152 valence electrons. The first-order valence-electron chi connectivity index (χ1n) is 9.26. The molecule has 28 heavy (non-hydrogen) atoms. The quantitative estimate of drug-likeness (QED) is 0.534. The first-order valence-corrected chi connectivity index (χ1v) is 9.26. The Bertz CT molecular complexity index is 1050. The van der Waals surface area contributed by atoms with Gasteiger partial charge in [-0.25, -0.2) is 9.18 Å². The van der Waals surface area contributed by atoms with Crippen LogP contribution in [0.2, 0.25) is 0 Å². The van der Waals surface area contributed by atoms with Crippen LogP contribution in [0.5, 0.6) is 5.75 Å². The summed E-state index contributed by atoms with van der Waals surface area (Å²) >= 11 is 0. The number of piperidine rings is 1. The molecule has 2 aliphatic rings. The number of anilines is 2. The smallest absolute Gasteiger partial charge is 0.329 e. The fourth-order valence-electron chi connectivity index (χ4n) is 4.03. The van der Waals surface area contributed by atoms with E-state index in [0.717, 1.165) is 12.8 Å². The number of benzene rings is 1. The molecule has 0 spiro atoms. The Kier molecular flexibility index (Phi) is 4.54. The van der Waals surface area contributed by atoms with E-state index in [4.69, 9.17) is 10.5 Å². The number of nitrogens with zero attached hydrogens (tertiary/aromatic N) is 2. The number of aromatic amines is 1. The number of H-pyrrole nitrogens is 1. The number of hydrogen-bond acceptors (Lipinski definition) is 7. The van der Waals surface area contributed by atoms with Gasteiger partial charge in [0.2, 0.25) is 0 Å². The summed E-state index contributed by atoms with van der Waals surface area (Å²) in [6.07, 6.45) is 1.16. The van der Waals surface area contributed by atoms with E-state index in [0.29, 0.717) is 13.0 Å². The molecule has 2 atom stereocenters. The Labute approximate surface area is 159 Å². The van der Waals surface area contributed by atoms with Gasteiger partial charge in [0, 0.05) is 25.0 Å². The number of aliphatic hydroxyl groups excluding tert-OH is 2. The highest BCUT2D eigenvalue weighted by Crippen LogP contribution is 2.45. The van der Waals surface area contributed by atoms with Crippen molar-refractivity contribution in [2.75, 3.05) is 37.4 Å². The number of halogens is 1. The van der Waals surface area contributed by atoms with E-state index in [9.17, 15) is 19.8 Å². The summed E-state index contributed by atoms with van der Waals surface area (Å²) in [7, 11) is 1.35. The van der Waals surface area contributed by atoms with E-state index in [1.165, 1.54) is 11.7 Å².